The number of allylic oxidation sites excluding steroid dienone is 1. The number of rotatable bonds is 13. The standard InChI is InChI=1S/C29H33FO5/c1-18(2)21(7)33-16-23(17-34-28(31)19(3)4)14-22-8-10-24(11-9-22)26-13-12-25(15-27(26)30)35-29(32)20(5)6/h8-13,15,23,28,31H,1,3,5,7,14,16-17H2,2,4,6H3. The highest BCUT2D eigenvalue weighted by molar-refractivity contribution is 5.88. The van der Waals surface area contributed by atoms with Gasteiger partial charge in [-0.2, -0.15) is 0 Å². The Morgan fingerprint density at radius 1 is 0.971 bits per heavy atom. The highest BCUT2D eigenvalue weighted by Gasteiger charge is 2.16. The zero-order chi connectivity index (χ0) is 26.1. The minimum absolute atomic E-state index is 0.0787. The molecular formula is C29H33FO5. The second-order valence-electron chi connectivity index (χ2n) is 8.63. The molecule has 6 heteroatoms. The Morgan fingerprint density at radius 2 is 1.63 bits per heavy atom. The van der Waals surface area contributed by atoms with Gasteiger partial charge in [-0.25, -0.2) is 9.18 Å². The molecule has 0 aromatic heterocycles. The average Bonchev–Trinajstić information content (AvgIpc) is 2.80. The van der Waals surface area contributed by atoms with Crippen LogP contribution in [-0.4, -0.2) is 30.6 Å². The van der Waals surface area contributed by atoms with Crippen LogP contribution in [0.15, 0.2) is 91.3 Å². The molecule has 0 amide bonds. The molecular weight excluding hydrogens is 447 g/mol. The summed E-state index contributed by atoms with van der Waals surface area (Å²) in [5.41, 5.74) is 3.54. The van der Waals surface area contributed by atoms with Crippen LogP contribution in [-0.2, 0) is 20.7 Å². The molecule has 0 fully saturated rings. The lowest BCUT2D eigenvalue weighted by molar-refractivity contribution is -0.130. The van der Waals surface area contributed by atoms with E-state index in [0.717, 1.165) is 11.1 Å². The van der Waals surface area contributed by atoms with Gasteiger partial charge in [-0.05, 0) is 61.6 Å². The first-order chi connectivity index (χ1) is 16.5. The molecule has 2 atom stereocenters. The van der Waals surface area contributed by atoms with Crippen molar-refractivity contribution < 1.29 is 28.5 Å². The van der Waals surface area contributed by atoms with Gasteiger partial charge in [-0.3, -0.25) is 0 Å². The minimum atomic E-state index is -1.05. The fourth-order valence-corrected chi connectivity index (χ4v) is 3.02. The van der Waals surface area contributed by atoms with E-state index in [2.05, 4.69) is 26.3 Å². The molecule has 35 heavy (non-hydrogen) atoms. The number of halogens is 1. The molecule has 0 spiro atoms. The summed E-state index contributed by atoms with van der Waals surface area (Å²) in [4.78, 5) is 11.6. The van der Waals surface area contributed by atoms with Crippen LogP contribution in [0.4, 0.5) is 4.39 Å². The normalized spacial score (nSPS) is 12.4. The van der Waals surface area contributed by atoms with Gasteiger partial charge in [-0.1, -0.05) is 50.6 Å². The van der Waals surface area contributed by atoms with Gasteiger partial charge in [-0.15, -0.1) is 0 Å². The Kier molecular flexibility index (Phi) is 10.2. The summed E-state index contributed by atoms with van der Waals surface area (Å²) in [7, 11) is 0. The molecule has 1 N–H and O–H groups in total. The summed E-state index contributed by atoms with van der Waals surface area (Å²) in [5, 5.41) is 9.93. The maximum atomic E-state index is 14.7. The van der Waals surface area contributed by atoms with Crippen LogP contribution in [0, 0.1) is 11.7 Å². The van der Waals surface area contributed by atoms with Crippen LogP contribution >= 0.6 is 0 Å². The minimum Gasteiger partial charge on any atom is -0.494 e. The number of hydrogen-bond donors (Lipinski definition) is 1. The molecule has 186 valence electrons. The number of aliphatic hydroxyl groups is 1. The van der Waals surface area contributed by atoms with Gasteiger partial charge in [0.1, 0.15) is 17.3 Å². The molecule has 0 radical (unpaired) electrons. The maximum Gasteiger partial charge on any atom is 0.338 e. The fraction of sp³-hybridized carbons (Fsp3) is 0.276. The van der Waals surface area contributed by atoms with E-state index >= 15 is 0 Å². The molecule has 2 aromatic rings. The molecule has 2 unspecified atom stereocenters. The van der Waals surface area contributed by atoms with Gasteiger partial charge >= 0.3 is 5.97 Å². The Labute approximate surface area is 206 Å². The second-order valence-corrected chi connectivity index (χ2v) is 8.63. The van der Waals surface area contributed by atoms with Gasteiger partial charge in [0.05, 0.1) is 13.2 Å². The van der Waals surface area contributed by atoms with E-state index in [0.29, 0.717) is 35.5 Å². The summed E-state index contributed by atoms with van der Waals surface area (Å²) in [6.07, 6.45) is -0.449. The van der Waals surface area contributed by atoms with E-state index in [4.69, 9.17) is 14.2 Å². The van der Waals surface area contributed by atoms with Crippen LogP contribution in [0.1, 0.15) is 26.3 Å². The van der Waals surface area contributed by atoms with E-state index < -0.39 is 18.1 Å². The SMILES string of the molecule is C=C(C)C(=C)OCC(COC(O)C(=C)C)Cc1ccc(-c2ccc(OC(=O)C(=C)C)cc2F)cc1. The molecule has 0 bridgehead atoms. The summed E-state index contributed by atoms with van der Waals surface area (Å²) in [6, 6.07) is 11.7. The van der Waals surface area contributed by atoms with Gasteiger partial charge < -0.3 is 19.3 Å². The third-order valence-electron chi connectivity index (χ3n) is 5.17. The summed E-state index contributed by atoms with van der Waals surface area (Å²) in [5.74, 6) is -0.571. The largest absolute Gasteiger partial charge is 0.494 e. The van der Waals surface area contributed by atoms with Crippen LogP contribution in [0.5, 0.6) is 5.75 Å². The first-order valence-corrected chi connectivity index (χ1v) is 11.2. The molecule has 0 saturated carbocycles. The van der Waals surface area contributed by atoms with Crippen molar-refractivity contribution >= 4 is 5.97 Å². The maximum absolute atomic E-state index is 14.7. The zero-order valence-corrected chi connectivity index (χ0v) is 20.6. The van der Waals surface area contributed by atoms with Crippen molar-refractivity contribution in [3.05, 3.63) is 103 Å². The smallest absolute Gasteiger partial charge is 0.338 e. The summed E-state index contributed by atoms with van der Waals surface area (Å²) < 4.78 is 31.0. The predicted molar refractivity (Wildman–Crippen MR) is 136 cm³/mol. The van der Waals surface area contributed by atoms with Gasteiger partial charge in [0.15, 0.2) is 6.29 Å². The number of aliphatic hydroxyl groups excluding tert-OH is 1. The summed E-state index contributed by atoms with van der Waals surface area (Å²) in [6.45, 7) is 20.5. The number of benzene rings is 2. The van der Waals surface area contributed by atoms with Crippen LogP contribution < -0.4 is 4.74 Å². The van der Waals surface area contributed by atoms with E-state index in [1.165, 1.54) is 13.0 Å². The average molecular weight is 481 g/mol. The monoisotopic (exact) mass is 480 g/mol. The lowest BCUT2D eigenvalue weighted by atomic mass is 9.97. The second kappa shape index (κ2) is 12.8. The zero-order valence-electron chi connectivity index (χ0n) is 20.6. The third-order valence-corrected chi connectivity index (χ3v) is 5.17. The van der Waals surface area contributed by atoms with Crippen LogP contribution in [0.25, 0.3) is 11.1 Å². The Morgan fingerprint density at radius 3 is 2.17 bits per heavy atom. The van der Waals surface area contributed by atoms with E-state index in [9.17, 15) is 14.3 Å². The van der Waals surface area contributed by atoms with Gasteiger partial charge in [0, 0.05) is 23.1 Å². The van der Waals surface area contributed by atoms with Crippen molar-refractivity contribution in [1.82, 2.24) is 0 Å². The van der Waals surface area contributed by atoms with Crippen molar-refractivity contribution in [2.45, 2.75) is 33.5 Å². The van der Waals surface area contributed by atoms with Crippen molar-refractivity contribution in [1.29, 1.82) is 0 Å². The Bertz CT molecular complexity index is 1100. The predicted octanol–water partition coefficient (Wildman–Crippen LogP) is 6.15. The Hall–Kier alpha value is -3.48. The van der Waals surface area contributed by atoms with Gasteiger partial charge in [0.25, 0.3) is 0 Å². The number of esters is 1. The Balaban J connectivity index is 2.12. The summed E-state index contributed by atoms with van der Waals surface area (Å²) >= 11 is 0. The van der Waals surface area contributed by atoms with Crippen LogP contribution in [0.3, 0.4) is 0 Å². The molecule has 0 saturated heterocycles. The van der Waals surface area contributed by atoms with E-state index in [1.54, 1.807) is 19.1 Å². The lowest BCUT2D eigenvalue weighted by Crippen LogP contribution is -2.23. The number of ether oxygens (including phenoxy) is 3. The topological polar surface area (TPSA) is 65.0 Å². The molecule has 0 heterocycles. The van der Waals surface area contributed by atoms with E-state index in [-0.39, 0.29) is 23.8 Å². The highest BCUT2D eigenvalue weighted by Crippen LogP contribution is 2.27. The quantitative estimate of drug-likeness (QED) is 0.0708. The highest BCUT2D eigenvalue weighted by atomic mass is 19.1. The fourth-order valence-electron chi connectivity index (χ4n) is 3.02. The van der Waals surface area contributed by atoms with E-state index in [1.807, 2.05) is 31.2 Å². The van der Waals surface area contributed by atoms with Crippen molar-refractivity contribution in [2.24, 2.45) is 5.92 Å². The first kappa shape index (κ1) is 27.8. The number of hydrogen-bond acceptors (Lipinski definition) is 5. The van der Waals surface area contributed by atoms with Gasteiger partial charge in [0.2, 0.25) is 0 Å². The first-order valence-electron chi connectivity index (χ1n) is 11.2. The van der Waals surface area contributed by atoms with Crippen molar-refractivity contribution in [2.75, 3.05) is 13.2 Å². The van der Waals surface area contributed by atoms with Crippen molar-refractivity contribution in [3.63, 3.8) is 0 Å². The number of carbonyl (C=O) groups is 1. The lowest BCUT2D eigenvalue weighted by Gasteiger charge is -2.21. The molecule has 0 aliphatic rings. The van der Waals surface area contributed by atoms with Crippen LogP contribution in [0.2, 0.25) is 0 Å². The molecule has 2 rings (SSSR count). The third kappa shape index (κ3) is 8.67. The molecule has 2 aromatic carbocycles. The van der Waals surface area contributed by atoms with Crippen molar-refractivity contribution in [3.8, 4) is 16.9 Å². The molecule has 0 aliphatic heterocycles. The molecule has 0 aliphatic carbocycles. The number of carbonyl (C=O) groups excluding carboxylic acids is 1. The molecule has 5 nitrogen and oxygen atoms in total.